The van der Waals surface area contributed by atoms with Crippen molar-refractivity contribution in [1.82, 2.24) is 20.3 Å². The Bertz CT molecular complexity index is 615. The summed E-state index contributed by atoms with van der Waals surface area (Å²) in [6.07, 6.45) is 1.60. The Labute approximate surface area is 128 Å². The number of ether oxygens (including phenoxy) is 1. The van der Waals surface area contributed by atoms with Gasteiger partial charge in [-0.1, -0.05) is 35.0 Å². The number of carbonyl (C=O) groups is 1. The monoisotopic (exact) mass is 308 g/mol. The molecule has 7 heteroatoms. The van der Waals surface area contributed by atoms with E-state index < -0.39 is 0 Å². The number of amides is 1. The molecule has 0 bridgehead atoms. The third-order valence-corrected chi connectivity index (χ3v) is 3.22. The van der Waals surface area contributed by atoms with Gasteiger partial charge in [0.1, 0.15) is 0 Å². The zero-order valence-electron chi connectivity index (χ0n) is 11.9. The minimum absolute atomic E-state index is 0.0868. The van der Waals surface area contributed by atoms with E-state index in [0.29, 0.717) is 18.2 Å². The fourth-order valence-electron chi connectivity index (χ4n) is 1.87. The molecule has 0 radical (unpaired) electrons. The number of nitrogens with zero attached hydrogens (tertiary/aromatic N) is 3. The number of benzene rings is 1. The van der Waals surface area contributed by atoms with Crippen LogP contribution in [0.25, 0.3) is 0 Å². The lowest BCUT2D eigenvalue weighted by Gasteiger charge is -2.10. The molecule has 1 heterocycles. The van der Waals surface area contributed by atoms with Crippen LogP contribution in [-0.2, 0) is 11.3 Å². The van der Waals surface area contributed by atoms with E-state index in [1.165, 1.54) is 0 Å². The number of hydrogen-bond donors (Lipinski definition) is 1. The van der Waals surface area contributed by atoms with Crippen molar-refractivity contribution in [3.8, 4) is 0 Å². The zero-order chi connectivity index (χ0) is 15.2. The smallest absolute Gasteiger partial charge is 0.273 e. The van der Waals surface area contributed by atoms with Crippen LogP contribution in [0.1, 0.15) is 23.0 Å². The van der Waals surface area contributed by atoms with Crippen LogP contribution in [0.5, 0.6) is 0 Å². The summed E-state index contributed by atoms with van der Waals surface area (Å²) < 4.78 is 6.55. The first-order chi connectivity index (χ1) is 10.1. The number of methoxy groups -OCH3 is 1. The molecular formula is C14H17ClN4O2. The van der Waals surface area contributed by atoms with Crippen LogP contribution < -0.4 is 5.32 Å². The van der Waals surface area contributed by atoms with Gasteiger partial charge in [0.25, 0.3) is 5.91 Å². The molecule has 0 saturated heterocycles. The normalized spacial score (nSPS) is 12.1. The molecule has 0 aliphatic carbocycles. The van der Waals surface area contributed by atoms with Crippen molar-refractivity contribution in [3.05, 3.63) is 46.7 Å². The third kappa shape index (κ3) is 4.27. The van der Waals surface area contributed by atoms with E-state index in [1.54, 1.807) is 18.0 Å². The van der Waals surface area contributed by atoms with Crippen molar-refractivity contribution < 1.29 is 9.53 Å². The second-order valence-corrected chi connectivity index (χ2v) is 5.13. The zero-order valence-corrected chi connectivity index (χ0v) is 12.7. The maximum absolute atomic E-state index is 12.0. The first-order valence-electron chi connectivity index (χ1n) is 6.53. The lowest BCUT2D eigenvalue weighted by atomic mass is 10.2. The SMILES string of the molecule is COC[C@@H](C)NC(=O)c1cn(Cc2ccccc2Cl)nn1. The molecule has 6 nitrogen and oxygen atoms in total. The molecule has 1 amide bonds. The molecule has 1 N–H and O–H groups in total. The van der Waals surface area contributed by atoms with E-state index in [-0.39, 0.29) is 17.6 Å². The van der Waals surface area contributed by atoms with Gasteiger partial charge >= 0.3 is 0 Å². The molecule has 0 fully saturated rings. The van der Waals surface area contributed by atoms with Crippen LogP contribution in [0.15, 0.2) is 30.5 Å². The molecule has 1 aromatic heterocycles. The van der Waals surface area contributed by atoms with Gasteiger partial charge in [0, 0.05) is 18.2 Å². The Hall–Kier alpha value is -1.92. The number of hydrogen-bond acceptors (Lipinski definition) is 4. The van der Waals surface area contributed by atoms with E-state index in [1.807, 2.05) is 31.2 Å². The largest absolute Gasteiger partial charge is 0.383 e. The highest BCUT2D eigenvalue weighted by atomic mass is 35.5. The van der Waals surface area contributed by atoms with Crippen LogP contribution in [0.3, 0.4) is 0 Å². The lowest BCUT2D eigenvalue weighted by molar-refractivity contribution is 0.0900. The maximum Gasteiger partial charge on any atom is 0.273 e. The summed E-state index contributed by atoms with van der Waals surface area (Å²) in [5.74, 6) is -0.273. The second kappa shape index (κ2) is 7.19. The summed E-state index contributed by atoms with van der Waals surface area (Å²) in [4.78, 5) is 12.0. The first kappa shape index (κ1) is 15.5. The maximum atomic E-state index is 12.0. The highest BCUT2D eigenvalue weighted by Crippen LogP contribution is 2.15. The number of aromatic nitrogens is 3. The fourth-order valence-corrected chi connectivity index (χ4v) is 2.07. The van der Waals surface area contributed by atoms with Crippen LogP contribution in [-0.4, -0.2) is 40.7 Å². The third-order valence-electron chi connectivity index (χ3n) is 2.86. The molecule has 21 heavy (non-hydrogen) atoms. The Morgan fingerprint density at radius 1 is 1.48 bits per heavy atom. The highest BCUT2D eigenvalue weighted by molar-refractivity contribution is 6.31. The van der Waals surface area contributed by atoms with E-state index in [9.17, 15) is 4.79 Å². The molecule has 0 aliphatic heterocycles. The predicted molar refractivity (Wildman–Crippen MR) is 79.4 cm³/mol. The Morgan fingerprint density at radius 3 is 2.95 bits per heavy atom. The number of carbonyl (C=O) groups excluding carboxylic acids is 1. The molecule has 0 saturated carbocycles. The molecule has 0 unspecified atom stereocenters. The molecule has 0 spiro atoms. The average Bonchev–Trinajstić information content (AvgIpc) is 2.90. The van der Waals surface area contributed by atoms with Crippen molar-refractivity contribution >= 4 is 17.5 Å². The van der Waals surface area contributed by atoms with Crippen LogP contribution >= 0.6 is 11.6 Å². The van der Waals surface area contributed by atoms with Gasteiger partial charge in [-0.15, -0.1) is 5.10 Å². The topological polar surface area (TPSA) is 69.0 Å². The molecular weight excluding hydrogens is 292 g/mol. The first-order valence-corrected chi connectivity index (χ1v) is 6.91. The van der Waals surface area contributed by atoms with Gasteiger partial charge in [-0.2, -0.15) is 0 Å². The molecule has 2 rings (SSSR count). The summed E-state index contributed by atoms with van der Waals surface area (Å²) in [6.45, 7) is 2.77. The Kier molecular flexibility index (Phi) is 5.30. The Morgan fingerprint density at radius 2 is 2.24 bits per heavy atom. The highest BCUT2D eigenvalue weighted by Gasteiger charge is 2.13. The summed E-state index contributed by atoms with van der Waals surface area (Å²) >= 11 is 6.09. The number of halogens is 1. The summed E-state index contributed by atoms with van der Waals surface area (Å²) in [5.41, 5.74) is 1.19. The minimum Gasteiger partial charge on any atom is -0.383 e. The van der Waals surface area contributed by atoms with Crippen molar-refractivity contribution in [2.45, 2.75) is 19.5 Å². The predicted octanol–water partition coefficient (Wildman–Crippen LogP) is 1.74. The van der Waals surface area contributed by atoms with E-state index >= 15 is 0 Å². The van der Waals surface area contributed by atoms with Gasteiger partial charge < -0.3 is 10.1 Å². The van der Waals surface area contributed by atoms with Gasteiger partial charge in [0.05, 0.1) is 19.3 Å². The van der Waals surface area contributed by atoms with Gasteiger partial charge in [0.15, 0.2) is 5.69 Å². The van der Waals surface area contributed by atoms with Crippen molar-refractivity contribution in [2.75, 3.05) is 13.7 Å². The molecule has 112 valence electrons. The molecule has 1 atom stereocenters. The van der Waals surface area contributed by atoms with Crippen molar-refractivity contribution in [2.24, 2.45) is 0 Å². The van der Waals surface area contributed by atoms with Gasteiger partial charge in [-0.05, 0) is 18.6 Å². The van der Waals surface area contributed by atoms with E-state index in [4.69, 9.17) is 16.3 Å². The van der Waals surface area contributed by atoms with Gasteiger partial charge in [-0.3, -0.25) is 4.79 Å². The van der Waals surface area contributed by atoms with Crippen LogP contribution in [0.2, 0.25) is 5.02 Å². The number of nitrogens with one attached hydrogen (secondary N) is 1. The van der Waals surface area contributed by atoms with Crippen LogP contribution in [0, 0.1) is 0 Å². The Balaban J connectivity index is 2.01. The lowest BCUT2D eigenvalue weighted by Crippen LogP contribution is -2.35. The van der Waals surface area contributed by atoms with Crippen molar-refractivity contribution in [1.29, 1.82) is 0 Å². The summed E-state index contributed by atoms with van der Waals surface area (Å²) in [6, 6.07) is 7.40. The second-order valence-electron chi connectivity index (χ2n) is 4.72. The summed E-state index contributed by atoms with van der Waals surface area (Å²) in [7, 11) is 1.59. The minimum atomic E-state index is -0.273. The van der Waals surface area contributed by atoms with Crippen molar-refractivity contribution in [3.63, 3.8) is 0 Å². The molecule has 2 aromatic rings. The number of rotatable bonds is 6. The van der Waals surface area contributed by atoms with Gasteiger partial charge in [-0.25, -0.2) is 4.68 Å². The van der Waals surface area contributed by atoms with E-state index in [2.05, 4.69) is 15.6 Å². The van der Waals surface area contributed by atoms with E-state index in [0.717, 1.165) is 5.56 Å². The quantitative estimate of drug-likeness (QED) is 0.882. The van der Waals surface area contributed by atoms with Gasteiger partial charge in [0.2, 0.25) is 0 Å². The summed E-state index contributed by atoms with van der Waals surface area (Å²) in [5, 5.41) is 11.3. The fraction of sp³-hybridized carbons (Fsp3) is 0.357. The average molecular weight is 309 g/mol. The standard InChI is InChI=1S/C14H17ClN4O2/c1-10(9-21-2)16-14(20)13-8-19(18-17-13)7-11-5-3-4-6-12(11)15/h3-6,8,10H,7,9H2,1-2H3,(H,16,20)/t10-/m1/s1. The molecule has 0 aliphatic rings. The molecule has 1 aromatic carbocycles. The van der Waals surface area contributed by atoms with Crippen LogP contribution in [0.4, 0.5) is 0 Å².